The molecule has 178 valence electrons. The molecule has 0 aromatic heterocycles. The Labute approximate surface area is 212 Å². The lowest BCUT2D eigenvalue weighted by molar-refractivity contribution is -0.139. The molecule has 0 bridgehead atoms. The zero-order valence-electron chi connectivity index (χ0n) is 18.7. The van der Waals surface area contributed by atoms with E-state index in [-0.39, 0.29) is 35.2 Å². The number of thioether (sulfide) groups is 1. The first kappa shape index (κ1) is 26.0. The summed E-state index contributed by atoms with van der Waals surface area (Å²) in [4.78, 5) is 27.8. The lowest BCUT2D eigenvalue weighted by Crippen LogP contribution is -2.50. The maximum absolute atomic E-state index is 14.1. The number of rotatable bonds is 9. The van der Waals surface area contributed by atoms with Crippen molar-refractivity contribution in [3.8, 4) is 0 Å². The molecule has 0 spiro atoms. The highest BCUT2D eigenvalue weighted by atomic mass is 79.9. The number of hydrogen-bond acceptors (Lipinski definition) is 3. The van der Waals surface area contributed by atoms with Crippen LogP contribution in [0.5, 0.6) is 0 Å². The minimum absolute atomic E-state index is 0.127. The monoisotopic (exact) mass is 554 g/mol. The van der Waals surface area contributed by atoms with Crippen molar-refractivity contribution in [2.45, 2.75) is 63.4 Å². The molecule has 1 fully saturated rings. The third-order valence-corrected chi connectivity index (χ3v) is 7.75. The van der Waals surface area contributed by atoms with E-state index in [4.69, 9.17) is 11.6 Å². The van der Waals surface area contributed by atoms with Crippen molar-refractivity contribution >= 4 is 51.1 Å². The summed E-state index contributed by atoms with van der Waals surface area (Å²) in [7, 11) is 0. The molecule has 1 atom stereocenters. The highest BCUT2D eigenvalue weighted by molar-refractivity contribution is 9.10. The molecule has 33 heavy (non-hydrogen) atoms. The first-order valence-electron chi connectivity index (χ1n) is 11.2. The van der Waals surface area contributed by atoms with E-state index in [1.807, 2.05) is 24.3 Å². The van der Waals surface area contributed by atoms with Gasteiger partial charge < -0.3 is 10.2 Å². The molecule has 4 nitrogen and oxygen atoms in total. The second-order valence-corrected chi connectivity index (χ2v) is 10.7. The van der Waals surface area contributed by atoms with Gasteiger partial charge in [-0.25, -0.2) is 4.39 Å². The fourth-order valence-electron chi connectivity index (χ4n) is 3.93. The van der Waals surface area contributed by atoms with E-state index >= 15 is 0 Å². The van der Waals surface area contributed by atoms with Crippen molar-refractivity contribution in [3.05, 3.63) is 68.9 Å². The summed E-state index contributed by atoms with van der Waals surface area (Å²) >= 11 is 10.8. The van der Waals surface area contributed by atoms with E-state index in [2.05, 4.69) is 21.2 Å². The van der Waals surface area contributed by atoms with Gasteiger partial charge in [-0.2, -0.15) is 0 Å². The molecular weight excluding hydrogens is 527 g/mol. The van der Waals surface area contributed by atoms with Crippen molar-refractivity contribution in [1.82, 2.24) is 10.2 Å². The zero-order chi connectivity index (χ0) is 23.8. The molecule has 0 unspecified atom stereocenters. The Morgan fingerprint density at radius 3 is 2.55 bits per heavy atom. The van der Waals surface area contributed by atoms with Crippen molar-refractivity contribution in [2.24, 2.45) is 0 Å². The minimum Gasteiger partial charge on any atom is -0.352 e. The average Bonchev–Trinajstić information content (AvgIpc) is 2.80. The third kappa shape index (κ3) is 7.72. The standard InChI is InChI=1S/C25H29BrClFN2O2S/c1-17(25(32)29-20-6-3-2-4-7-20)30(14-18-10-12-19(26)13-11-18)24(31)16-33-15-21-22(27)8-5-9-23(21)28/h5,8-13,17,20H,2-4,6-7,14-16H2,1H3,(H,29,32)/t17-/m0/s1. The number of amides is 2. The number of carbonyl (C=O) groups is 2. The lowest BCUT2D eigenvalue weighted by Gasteiger charge is -2.31. The summed E-state index contributed by atoms with van der Waals surface area (Å²) in [6.07, 6.45) is 5.42. The maximum atomic E-state index is 14.1. The van der Waals surface area contributed by atoms with Crippen LogP contribution in [0.4, 0.5) is 4.39 Å². The number of carbonyl (C=O) groups excluding carboxylic acids is 2. The summed E-state index contributed by atoms with van der Waals surface area (Å²) in [6, 6.07) is 11.8. The largest absolute Gasteiger partial charge is 0.352 e. The molecule has 2 aromatic carbocycles. The Balaban J connectivity index is 1.67. The van der Waals surface area contributed by atoms with Crippen molar-refractivity contribution < 1.29 is 14.0 Å². The van der Waals surface area contributed by atoms with E-state index in [0.29, 0.717) is 17.1 Å². The van der Waals surface area contributed by atoms with Gasteiger partial charge in [-0.15, -0.1) is 11.8 Å². The zero-order valence-corrected chi connectivity index (χ0v) is 21.8. The van der Waals surface area contributed by atoms with Crippen LogP contribution in [0.2, 0.25) is 5.02 Å². The smallest absolute Gasteiger partial charge is 0.242 e. The van der Waals surface area contributed by atoms with Gasteiger partial charge in [0.25, 0.3) is 0 Å². The predicted molar refractivity (Wildman–Crippen MR) is 137 cm³/mol. The van der Waals surface area contributed by atoms with E-state index in [9.17, 15) is 14.0 Å². The molecular formula is C25H29BrClFN2O2S. The Hall–Kier alpha value is -1.57. The van der Waals surface area contributed by atoms with Crippen molar-refractivity contribution in [3.63, 3.8) is 0 Å². The van der Waals surface area contributed by atoms with E-state index in [1.165, 1.54) is 24.2 Å². The molecule has 0 saturated heterocycles. The lowest BCUT2D eigenvalue weighted by atomic mass is 9.95. The summed E-state index contributed by atoms with van der Waals surface area (Å²) in [5.74, 6) is -0.264. The fraction of sp³-hybridized carbons (Fsp3) is 0.440. The Kier molecular flexibility index (Phi) is 10.1. The van der Waals surface area contributed by atoms with Gasteiger partial charge in [0, 0.05) is 33.4 Å². The van der Waals surface area contributed by atoms with Gasteiger partial charge in [-0.1, -0.05) is 65.0 Å². The normalized spacial score (nSPS) is 15.2. The van der Waals surface area contributed by atoms with E-state index in [0.717, 1.165) is 35.7 Å². The second kappa shape index (κ2) is 12.8. The van der Waals surface area contributed by atoms with Crippen LogP contribution < -0.4 is 5.32 Å². The average molecular weight is 556 g/mol. The molecule has 1 N–H and O–H groups in total. The van der Waals surface area contributed by atoms with Crippen LogP contribution >= 0.6 is 39.3 Å². The molecule has 2 aromatic rings. The number of hydrogen-bond donors (Lipinski definition) is 1. The molecule has 0 radical (unpaired) electrons. The summed E-state index contributed by atoms with van der Waals surface area (Å²) in [5, 5.41) is 3.48. The second-order valence-electron chi connectivity index (χ2n) is 8.36. The minimum atomic E-state index is -0.610. The molecule has 0 heterocycles. The van der Waals surface area contributed by atoms with Gasteiger partial charge in [-0.05, 0) is 49.6 Å². The van der Waals surface area contributed by atoms with E-state index < -0.39 is 6.04 Å². The van der Waals surface area contributed by atoms with Crippen LogP contribution in [0, 0.1) is 5.82 Å². The van der Waals surface area contributed by atoms with Crippen molar-refractivity contribution in [1.29, 1.82) is 0 Å². The first-order valence-corrected chi connectivity index (χ1v) is 13.5. The number of nitrogens with one attached hydrogen (secondary N) is 1. The first-order chi connectivity index (χ1) is 15.8. The van der Waals surface area contributed by atoms with Gasteiger partial charge in [0.1, 0.15) is 11.9 Å². The maximum Gasteiger partial charge on any atom is 0.242 e. The quantitative estimate of drug-likeness (QED) is 0.393. The Bertz CT molecular complexity index is 934. The van der Waals surface area contributed by atoms with Crippen LogP contribution in [0.25, 0.3) is 0 Å². The Morgan fingerprint density at radius 2 is 1.88 bits per heavy atom. The number of halogens is 3. The highest BCUT2D eigenvalue weighted by Gasteiger charge is 2.28. The van der Waals surface area contributed by atoms with Crippen LogP contribution in [-0.2, 0) is 21.9 Å². The molecule has 1 aliphatic rings. The topological polar surface area (TPSA) is 49.4 Å². The van der Waals surface area contributed by atoms with Crippen LogP contribution in [0.15, 0.2) is 46.9 Å². The van der Waals surface area contributed by atoms with E-state index in [1.54, 1.807) is 24.0 Å². The SMILES string of the molecule is C[C@@H](C(=O)NC1CCCCC1)N(Cc1ccc(Br)cc1)C(=O)CSCc1c(F)cccc1Cl. The van der Waals surface area contributed by atoms with Crippen LogP contribution in [0.1, 0.15) is 50.2 Å². The number of benzene rings is 2. The molecule has 0 aliphatic heterocycles. The van der Waals surface area contributed by atoms with Crippen molar-refractivity contribution in [2.75, 3.05) is 5.75 Å². The summed E-state index contributed by atoms with van der Waals surface area (Å²) in [6.45, 7) is 2.10. The third-order valence-electron chi connectivity index (χ3n) is 5.92. The molecule has 8 heteroatoms. The fourth-order valence-corrected chi connectivity index (χ4v) is 5.44. The summed E-state index contributed by atoms with van der Waals surface area (Å²) < 4.78 is 15.0. The summed E-state index contributed by atoms with van der Waals surface area (Å²) in [5.41, 5.74) is 1.32. The predicted octanol–water partition coefficient (Wildman–Crippen LogP) is 6.34. The molecule has 3 rings (SSSR count). The Morgan fingerprint density at radius 1 is 1.18 bits per heavy atom. The van der Waals surface area contributed by atoms with Gasteiger partial charge in [0.2, 0.25) is 11.8 Å². The van der Waals surface area contributed by atoms with Gasteiger partial charge in [0.05, 0.1) is 5.75 Å². The molecule has 1 aliphatic carbocycles. The number of nitrogens with zero attached hydrogens (tertiary/aromatic N) is 1. The molecule has 1 saturated carbocycles. The highest BCUT2D eigenvalue weighted by Crippen LogP contribution is 2.25. The van der Waals surface area contributed by atoms with Gasteiger partial charge in [0.15, 0.2) is 0 Å². The van der Waals surface area contributed by atoms with Crippen LogP contribution in [0.3, 0.4) is 0 Å². The van der Waals surface area contributed by atoms with Gasteiger partial charge >= 0.3 is 0 Å². The molecule has 2 amide bonds. The van der Waals surface area contributed by atoms with Crippen LogP contribution in [-0.4, -0.2) is 34.6 Å². The van der Waals surface area contributed by atoms with Gasteiger partial charge in [-0.3, -0.25) is 9.59 Å².